The highest BCUT2D eigenvalue weighted by Gasteiger charge is 2.59. The number of aromatic nitrogens is 2. The van der Waals surface area contributed by atoms with Gasteiger partial charge >= 0.3 is 0 Å². The van der Waals surface area contributed by atoms with Crippen LogP contribution in [0, 0.1) is 23.7 Å². The number of amides is 1. The molecule has 0 radical (unpaired) electrons. The Balaban J connectivity index is 1.71. The molecule has 10 nitrogen and oxygen atoms in total. The number of allylic oxidation sites excluding steroid dienone is 5. The topological polar surface area (TPSA) is 162 Å². The van der Waals surface area contributed by atoms with Crippen LogP contribution >= 0.6 is 0 Å². The average Bonchev–Trinajstić information content (AvgIpc) is 3.17. The molecule has 1 fully saturated rings. The maximum Gasteiger partial charge on any atom is 0.251 e. The van der Waals surface area contributed by atoms with Gasteiger partial charge in [0.25, 0.3) is 5.91 Å². The summed E-state index contributed by atoms with van der Waals surface area (Å²) in [6.07, 6.45) is 4.69. The number of ketones is 1. The van der Waals surface area contributed by atoms with E-state index < -0.39 is 41.1 Å². The van der Waals surface area contributed by atoms with Crippen molar-refractivity contribution in [3.63, 3.8) is 0 Å². The summed E-state index contributed by atoms with van der Waals surface area (Å²) in [5, 5.41) is 49.4. The van der Waals surface area contributed by atoms with E-state index in [1.54, 1.807) is 29.9 Å². The van der Waals surface area contributed by atoms with Crippen LogP contribution in [0.3, 0.4) is 0 Å². The zero-order valence-corrected chi connectivity index (χ0v) is 21.7. The Kier molecular flexibility index (Phi) is 5.69. The summed E-state index contributed by atoms with van der Waals surface area (Å²) in [6.45, 7) is 3.34. The number of aliphatic hydroxyl groups is 4. The highest BCUT2D eigenvalue weighted by atomic mass is 16.3. The number of carbonyl (C=O) groups is 2. The van der Waals surface area contributed by atoms with Crippen LogP contribution in [0.15, 0.2) is 52.0 Å². The highest BCUT2D eigenvalue weighted by Crippen LogP contribution is 2.57. The fourth-order valence-corrected chi connectivity index (χ4v) is 7.39. The van der Waals surface area contributed by atoms with Crippen LogP contribution < -0.4 is 5.73 Å². The van der Waals surface area contributed by atoms with E-state index in [9.17, 15) is 30.0 Å². The van der Waals surface area contributed by atoms with Gasteiger partial charge in [0, 0.05) is 30.8 Å². The summed E-state index contributed by atoms with van der Waals surface area (Å²) in [5.74, 6) is -4.09. The van der Waals surface area contributed by atoms with E-state index in [-0.39, 0.29) is 46.3 Å². The molecule has 1 aromatic heterocycles. The van der Waals surface area contributed by atoms with Crippen molar-refractivity contribution < 1.29 is 30.0 Å². The number of likely N-dealkylation sites (N-methyl/N-ethyl adjacent to an activating group) is 1. The normalized spacial score (nSPS) is 34.1. The zero-order chi connectivity index (χ0) is 27.1. The number of Topliss-reactive ketones (excluding diaryl/α,β-unsaturated/α-hetero) is 1. The largest absolute Gasteiger partial charge is 0.512 e. The fraction of sp³-hybridized carbons (Fsp3) is 0.519. The van der Waals surface area contributed by atoms with Gasteiger partial charge in [-0.25, -0.2) is 0 Å². The van der Waals surface area contributed by atoms with Gasteiger partial charge < -0.3 is 26.2 Å². The lowest BCUT2D eigenvalue weighted by Crippen LogP contribution is -2.59. The number of primary amides is 1. The molecule has 0 aliphatic heterocycles. The number of hydrogen-bond acceptors (Lipinski definition) is 8. The van der Waals surface area contributed by atoms with Crippen molar-refractivity contribution in [3.05, 3.63) is 57.5 Å². The molecule has 4 aliphatic rings. The Hall–Kier alpha value is -3.37. The molecule has 10 heteroatoms. The molecule has 6 N–H and O–H groups in total. The van der Waals surface area contributed by atoms with Gasteiger partial charge in [-0.05, 0) is 62.8 Å². The lowest BCUT2D eigenvalue weighted by atomic mass is 9.56. The maximum absolute atomic E-state index is 13.9. The number of aliphatic hydroxyl groups excluding tert-OH is 3. The summed E-state index contributed by atoms with van der Waals surface area (Å²) >= 11 is 0. The van der Waals surface area contributed by atoms with Crippen LogP contribution in [-0.2, 0) is 16.6 Å². The van der Waals surface area contributed by atoms with Gasteiger partial charge in [-0.3, -0.25) is 19.2 Å². The number of nitrogens with zero attached hydrogens (tertiary/aromatic N) is 3. The Labute approximate surface area is 215 Å². The van der Waals surface area contributed by atoms with Crippen LogP contribution in [-0.4, -0.2) is 72.5 Å². The second-order valence-corrected chi connectivity index (χ2v) is 11.3. The molecule has 1 aromatic rings. The molecule has 5 unspecified atom stereocenters. The number of fused-ring (bicyclic) bond motifs is 3. The molecule has 1 amide bonds. The molecule has 0 spiro atoms. The molecule has 0 aromatic carbocycles. The minimum atomic E-state index is -2.00. The van der Waals surface area contributed by atoms with E-state index in [1.807, 2.05) is 20.2 Å². The Morgan fingerprint density at radius 2 is 1.86 bits per heavy atom. The van der Waals surface area contributed by atoms with Gasteiger partial charge in [-0.1, -0.05) is 6.92 Å². The van der Waals surface area contributed by atoms with Crippen molar-refractivity contribution in [3.8, 4) is 0 Å². The van der Waals surface area contributed by atoms with Gasteiger partial charge in [0.05, 0.1) is 29.3 Å². The van der Waals surface area contributed by atoms with Gasteiger partial charge in [-0.15, -0.1) is 0 Å². The third-order valence-corrected chi connectivity index (χ3v) is 8.67. The first-order chi connectivity index (χ1) is 17.3. The maximum atomic E-state index is 13.9. The minimum Gasteiger partial charge on any atom is -0.512 e. The Morgan fingerprint density at radius 3 is 2.43 bits per heavy atom. The van der Waals surface area contributed by atoms with E-state index in [0.29, 0.717) is 12.8 Å². The first-order valence-electron chi connectivity index (χ1n) is 12.5. The fourth-order valence-electron chi connectivity index (χ4n) is 7.39. The van der Waals surface area contributed by atoms with Crippen LogP contribution in [0.25, 0.3) is 5.57 Å². The number of carbonyl (C=O) groups excluding carboxylic acids is 2. The predicted molar refractivity (Wildman–Crippen MR) is 135 cm³/mol. The van der Waals surface area contributed by atoms with E-state index in [4.69, 9.17) is 5.73 Å². The zero-order valence-electron chi connectivity index (χ0n) is 21.7. The predicted octanol–water partition coefficient (Wildman–Crippen LogP) is 2.06. The number of hydrogen-bond donors (Lipinski definition) is 5. The van der Waals surface area contributed by atoms with Crippen LogP contribution in [0.1, 0.15) is 38.7 Å². The quantitative estimate of drug-likeness (QED) is 0.413. The minimum absolute atomic E-state index is 0.0158. The smallest absolute Gasteiger partial charge is 0.251 e. The molecule has 37 heavy (non-hydrogen) atoms. The van der Waals surface area contributed by atoms with E-state index in [0.717, 1.165) is 16.7 Å². The molecule has 6 atom stereocenters. The Bertz CT molecular complexity index is 1340. The van der Waals surface area contributed by atoms with Crippen LogP contribution in [0.5, 0.6) is 0 Å². The standard InChI is InChI=1S/C27H34N4O6/c1-11-6-16(32)19-14(17(11)13-9-29-31(5)10-13)7-12-8-15-20(24(34)18(12)23(19)33)27(2,37)21(26(28)36)25(35)22(15)30(3)4/h9-12,15,20,22,32,34-35,37H,6-8H2,1-5H3,(H2,28,36)/t11?,12?,15?,20?,22-,27?/m0/s1. The lowest BCUT2D eigenvalue weighted by molar-refractivity contribution is -0.121. The van der Waals surface area contributed by atoms with Gasteiger partial charge in [-0.2, -0.15) is 5.10 Å². The van der Waals surface area contributed by atoms with Crippen molar-refractivity contribution in [2.75, 3.05) is 14.1 Å². The number of aryl methyl sites for hydroxylation is 1. The van der Waals surface area contributed by atoms with Crippen LogP contribution in [0.4, 0.5) is 0 Å². The molecule has 4 aliphatic carbocycles. The lowest BCUT2D eigenvalue weighted by Gasteiger charge is -2.52. The van der Waals surface area contributed by atoms with E-state index in [2.05, 4.69) is 5.10 Å². The molecule has 1 heterocycles. The monoisotopic (exact) mass is 510 g/mol. The van der Waals surface area contributed by atoms with Crippen molar-refractivity contribution in [2.24, 2.45) is 36.5 Å². The first-order valence-corrected chi connectivity index (χ1v) is 12.5. The first kappa shape index (κ1) is 25.3. The molecule has 5 rings (SSSR count). The molecule has 0 bridgehead atoms. The highest BCUT2D eigenvalue weighted by molar-refractivity contribution is 6.15. The summed E-state index contributed by atoms with van der Waals surface area (Å²) in [6, 6.07) is -0.700. The second kappa shape index (κ2) is 8.32. The van der Waals surface area contributed by atoms with Crippen molar-refractivity contribution in [1.29, 1.82) is 0 Å². The van der Waals surface area contributed by atoms with Crippen molar-refractivity contribution in [2.45, 2.75) is 44.8 Å². The van der Waals surface area contributed by atoms with Crippen molar-refractivity contribution in [1.82, 2.24) is 14.7 Å². The molecule has 1 saturated carbocycles. The van der Waals surface area contributed by atoms with Crippen LogP contribution in [0.2, 0.25) is 0 Å². The van der Waals surface area contributed by atoms with Gasteiger partial charge in [0.1, 0.15) is 22.9 Å². The average molecular weight is 511 g/mol. The van der Waals surface area contributed by atoms with Gasteiger partial charge in [0.2, 0.25) is 0 Å². The van der Waals surface area contributed by atoms with E-state index in [1.165, 1.54) is 6.92 Å². The third kappa shape index (κ3) is 3.49. The Morgan fingerprint density at radius 1 is 1.19 bits per heavy atom. The second-order valence-electron chi connectivity index (χ2n) is 11.3. The van der Waals surface area contributed by atoms with Crippen molar-refractivity contribution >= 4 is 17.3 Å². The number of rotatable bonds is 3. The molecule has 0 saturated heterocycles. The van der Waals surface area contributed by atoms with Gasteiger partial charge in [0.15, 0.2) is 5.78 Å². The van der Waals surface area contributed by atoms with E-state index >= 15 is 0 Å². The summed E-state index contributed by atoms with van der Waals surface area (Å²) in [7, 11) is 5.30. The summed E-state index contributed by atoms with van der Waals surface area (Å²) < 4.78 is 1.69. The SMILES string of the molecule is CC1CC(O)=C2C(=O)C3=C(O)C4C(CC3CC2=C1c1cnn(C)c1)[C@H](N(C)C)C(O)=C(C(N)=O)C4(C)O. The summed E-state index contributed by atoms with van der Waals surface area (Å²) in [4.78, 5) is 28.0. The molecule has 198 valence electrons. The third-order valence-electron chi connectivity index (χ3n) is 8.67. The molecular weight excluding hydrogens is 476 g/mol. The number of nitrogens with two attached hydrogens (primary N) is 1. The summed E-state index contributed by atoms with van der Waals surface area (Å²) in [5.41, 5.74) is 6.12. The molecular formula is C27H34N4O6.